The van der Waals surface area contributed by atoms with Crippen molar-refractivity contribution in [3.8, 4) is 0 Å². The summed E-state index contributed by atoms with van der Waals surface area (Å²) in [5.41, 5.74) is 8.70. The van der Waals surface area contributed by atoms with Crippen LogP contribution in [0.5, 0.6) is 0 Å². The summed E-state index contributed by atoms with van der Waals surface area (Å²) in [6.45, 7) is 7.48. The van der Waals surface area contributed by atoms with Gasteiger partial charge >= 0.3 is 0 Å². The normalized spacial score (nSPS) is 12.7. The number of nitrogens with two attached hydrogens (primary N) is 1. The first-order valence-electron chi connectivity index (χ1n) is 7.91. The zero-order valence-electron chi connectivity index (χ0n) is 13.9. The first kappa shape index (κ1) is 18.3. The standard InChI is InChI=1S/C17H30ClN3/c1-5-9-21(11-10-20(3)4)17-8-7-15(18)12-14(17)13-16(19)6-2/h7-8,12,16H,5-6,9-11,13,19H2,1-4H3. The Labute approximate surface area is 135 Å². The van der Waals surface area contributed by atoms with Gasteiger partial charge in [0, 0.05) is 36.4 Å². The molecule has 0 saturated carbocycles. The number of nitrogens with zero attached hydrogens (tertiary/aromatic N) is 2. The van der Waals surface area contributed by atoms with Crippen LogP contribution in [0.15, 0.2) is 18.2 Å². The van der Waals surface area contributed by atoms with Crippen LogP contribution < -0.4 is 10.6 Å². The molecule has 1 aromatic carbocycles. The molecule has 2 N–H and O–H groups in total. The molecule has 0 saturated heterocycles. The predicted molar refractivity (Wildman–Crippen MR) is 94.5 cm³/mol. The molecule has 1 aromatic rings. The van der Waals surface area contributed by atoms with E-state index in [4.69, 9.17) is 17.3 Å². The molecule has 0 bridgehead atoms. The van der Waals surface area contributed by atoms with Gasteiger partial charge in [-0.3, -0.25) is 0 Å². The fourth-order valence-corrected chi connectivity index (χ4v) is 2.59. The van der Waals surface area contributed by atoms with Gasteiger partial charge in [-0.15, -0.1) is 0 Å². The number of anilines is 1. The van der Waals surface area contributed by atoms with Gasteiger partial charge < -0.3 is 15.5 Å². The van der Waals surface area contributed by atoms with Gasteiger partial charge in [-0.25, -0.2) is 0 Å². The van der Waals surface area contributed by atoms with Crippen molar-refractivity contribution in [3.63, 3.8) is 0 Å². The molecule has 3 nitrogen and oxygen atoms in total. The largest absolute Gasteiger partial charge is 0.370 e. The molecule has 0 aliphatic rings. The Bertz CT molecular complexity index is 420. The predicted octanol–water partition coefficient (Wildman–Crippen LogP) is 3.40. The Kier molecular flexibility index (Phi) is 8.09. The van der Waals surface area contributed by atoms with E-state index in [0.717, 1.165) is 43.9 Å². The summed E-state index contributed by atoms with van der Waals surface area (Å²) in [4.78, 5) is 4.67. The fourth-order valence-electron chi connectivity index (χ4n) is 2.40. The van der Waals surface area contributed by atoms with Crippen LogP contribution in [0, 0.1) is 0 Å². The van der Waals surface area contributed by atoms with Gasteiger partial charge in [0.15, 0.2) is 0 Å². The molecule has 1 rings (SSSR count). The van der Waals surface area contributed by atoms with Crippen molar-refractivity contribution in [2.75, 3.05) is 38.6 Å². The molecule has 0 fully saturated rings. The minimum absolute atomic E-state index is 0.194. The van der Waals surface area contributed by atoms with Crippen LogP contribution in [0.3, 0.4) is 0 Å². The van der Waals surface area contributed by atoms with E-state index in [-0.39, 0.29) is 6.04 Å². The van der Waals surface area contributed by atoms with Crippen LogP contribution in [0.2, 0.25) is 5.02 Å². The Balaban J connectivity index is 2.99. The maximum atomic E-state index is 6.19. The van der Waals surface area contributed by atoms with Gasteiger partial charge in [0.05, 0.1) is 0 Å². The minimum Gasteiger partial charge on any atom is -0.370 e. The van der Waals surface area contributed by atoms with E-state index in [1.54, 1.807) is 0 Å². The minimum atomic E-state index is 0.194. The second kappa shape index (κ2) is 9.29. The van der Waals surface area contributed by atoms with Crippen LogP contribution in [0.1, 0.15) is 32.3 Å². The summed E-state index contributed by atoms with van der Waals surface area (Å²) in [6, 6.07) is 6.39. The zero-order valence-corrected chi connectivity index (χ0v) is 14.7. The van der Waals surface area contributed by atoms with Gasteiger partial charge in [0.1, 0.15) is 0 Å². The first-order valence-corrected chi connectivity index (χ1v) is 8.29. The molecule has 21 heavy (non-hydrogen) atoms. The summed E-state index contributed by atoms with van der Waals surface area (Å²) < 4.78 is 0. The lowest BCUT2D eigenvalue weighted by molar-refractivity contribution is 0.412. The number of rotatable bonds is 9. The van der Waals surface area contributed by atoms with Crippen LogP contribution in [-0.2, 0) is 6.42 Å². The van der Waals surface area contributed by atoms with E-state index < -0.39 is 0 Å². The Morgan fingerprint density at radius 2 is 1.86 bits per heavy atom. The number of benzene rings is 1. The molecule has 0 aliphatic carbocycles. The molecule has 1 atom stereocenters. The maximum Gasteiger partial charge on any atom is 0.0410 e. The van der Waals surface area contributed by atoms with E-state index in [1.807, 2.05) is 6.07 Å². The Morgan fingerprint density at radius 1 is 1.14 bits per heavy atom. The van der Waals surface area contributed by atoms with Crippen LogP contribution in [0.4, 0.5) is 5.69 Å². The fraction of sp³-hybridized carbons (Fsp3) is 0.647. The van der Waals surface area contributed by atoms with Gasteiger partial charge in [0.2, 0.25) is 0 Å². The Hall–Kier alpha value is -0.770. The van der Waals surface area contributed by atoms with Gasteiger partial charge in [-0.1, -0.05) is 25.4 Å². The maximum absolute atomic E-state index is 6.19. The van der Waals surface area contributed by atoms with Gasteiger partial charge in [-0.05, 0) is 57.1 Å². The molecule has 4 heteroatoms. The van der Waals surface area contributed by atoms with Crippen molar-refractivity contribution in [3.05, 3.63) is 28.8 Å². The highest BCUT2D eigenvalue weighted by molar-refractivity contribution is 6.30. The van der Waals surface area contributed by atoms with E-state index in [0.29, 0.717) is 0 Å². The molecule has 0 spiro atoms. The smallest absolute Gasteiger partial charge is 0.0410 e. The molecule has 120 valence electrons. The second-order valence-corrected chi connectivity index (χ2v) is 6.37. The molecule has 1 unspecified atom stereocenters. The molecule has 0 heterocycles. The lowest BCUT2D eigenvalue weighted by atomic mass is 10.0. The van der Waals surface area contributed by atoms with Crippen molar-refractivity contribution in [1.29, 1.82) is 0 Å². The summed E-state index contributed by atoms with van der Waals surface area (Å²) in [7, 11) is 4.22. The highest BCUT2D eigenvalue weighted by Crippen LogP contribution is 2.26. The topological polar surface area (TPSA) is 32.5 Å². The number of likely N-dealkylation sites (N-methyl/N-ethyl adjacent to an activating group) is 1. The summed E-state index contributed by atoms with van der Waals surface area (Å²) in [5, 5.41) is 0.793. The van der Waals surface area contributed by atoms with Crippen LogP contribution >= 0.6 is 11.6 Å². The van der Waals surface area contributed by atoms with Crippen LogP contribution in [0.25, 0.3) is 0 Å². The van der Waals surface area contributed by atoms with E-state index in [1.165, 1.54) is 11.3 Å². The quantitative estimate of drug-likeness (QED) is 0.758. The lowest BCUT2D eigenvalue weighted by Gasteiger charge is -2.29. The first-order chi connectivity index (χ1) is 9.97. The molecule has 0 aromatic heterocycles. The van der Waals surface area contributed by atoms with Crippen molar-refractivity contribution in [1.82, 2.24) is 4.90 Å². The molecular weight excluding hydrogens is 282 g/mol. The van der Waals surface area contributed by atoms with Gasteiger partial charge in [0.25, 0.3) is 0 Å². The summed E-state index contributed by atoms with van der Waals surface area (Å²) >= 11 is 6.19. The third-order valence-corrected chi connectivity index (χ3v) is 3.93. The number of hydrogen-bond acceptors (Lipinski definition) is 3. The second-order valence-electron chi connectivity index (χ2n) is 5.94. The van der Waals surface area contributed by atoms with Crippen molar-refractivity contribution < 1.29 is 0 Å². The van der Waals surface area contributed by atoms with E-state index >= 15 is 0 Å². The third-order valence-electron chi connectivity index (χ3n) is 3.70. The van der Waals surface area contributed by atoms with Crippen LogP contribution in [-0.4, -0.2) is 44.7 Å². The molecular formula is C17H30ClN3. The highest BCUT2D eigenvalue weighted by atomic mass is 35.5. The van der Waals surface area contributed by atoms with Crippen molar-refractivity contribution in [2.24, 2.45) is 5.73 Å². The summed E-state index contributed by atoms with van der Waals surface area (Å²) in [5.74, 6) is 0. The average Bonchev–Trinajstić information content (AvgIpc) is 2.43. The Morgan fingerprint density at radius 3 is 2.43 bits per heavy atom. The van der Waals surface area contributed by atoms with E-state index in [2.05, 4.69) is 49.9 Å². The van der Waals surface area contributed by atoms with Crippen molar-refractivity contribution >= 4 is 17.3 Å². The summed E-state index contributed by atoms with van der Waals surface area (Å²) in [6.07, 6.45) is 3.00. The van der Waals surface area contributed by atoms with Gasteiger partial charge in [-0.2, -0.15) is 0 Å². The molecule has 0 amide bonds. The average molecular weight is 312 g/mol. The highest BCUT2D eigenvalue weighted by Gasteiger charge is 2.13. The molecule has 0 aliphatic heterocycles. The number of halogens is 1. The SMILES string of the molecule is CCCN(CCN(C)C)c1ccc(Cl)cc1CC(N)CC. The van der Waals surface area contributed by atoms with Crippen molar-refractivity contribution in [2.45, 2.75) is 39.2 Å². The lowest BCUT2D eigenvalue weighted by Crippen LogP contribution is -2.33. The number of hydrogen-bond donors (Lipinski definition) is 1. The monoisotopic (exact) mass is 311 g/mol. The zero-order chi connectivity index (χ0) is 15.8. The van der Waals surface area contributed by atoms with E-state index in [9.17, 15) is 0 Å². The third kappa shape index (κ3) is 6.25. The molecule has 0 radical (unpaired) electrons.